The van der Waals surface area contributed by atoms with Crippen molar-refractivity contribution >= 4 is 5.91 Å². The van der Waals surface area contributed by atoms with Crippen molar-refractivity contribution in [1.82, 2.24) is 9.88 Å². The van der Waals surface area contributed by atoms with Gasteiger partial charge in [0.05, 0.1) is 13.2 Å². The lowest BCUT2D eigenvalue weighted by Crippen LogP contribution is -2.47. The van der Waals surface area contributed by atoms with E-state index in [1.54, 1.807) is 18.2 Å². The summed E-state index contributed by atoms with van der Waals surface area (Å²) in [6, 6.07) is 3.39. The van der Waals surface area contributed by atoms with Crippen LogP contribution in [-0.4, -0.2) is 35.5 Å². The lowest BCUT2D eigenvalue weighted by Gasteiger charge is -2.30. The van der Waals surface area contributed by atoms with E-state index in [4.69, 9.17) is 10.5 Å². The second kappa shape index (κ2) is 5.14. The molecule has 2 heterocycles. The van der Waals surface area contributed by atoms with Crippen LogP contribution in [0.3, 0.4) is 0 Å². The summed E-state index contributed by atoms with van der Waals surface area (Å²) in [5.41, 5.74) is 6.76. The molecule has 0 saturated carbocycles. The molecule has 2 N–H and O–H groups in total. The van der Waals surface area contributed by atoms with Crippen LogP contribution in [0.5, 0.6) is 5.88 Å². The molecule has 1 atom stereocenters. The fourth-order valence-electron chi connectivity index (χ4n) is 2.01. The predicted molar refractivity (Wildman–Crippen MR) is 63.4 cm³/mol. The van der Waals surface area contributed by atoms with Crippen molar-refractivity contribution in [2.45, 2.75) is 25.4 Å². The molecule has 1 aliphatic heterocycles. The third-order valence-electron chi connectivity index (χ3n) is 2.95. The van der Waals surface area contributed by atoms with E-state index in [9.17, 15) is 4.79 Å². The summed E-state index contributed by atoms with van der Waals surface area (Å²) in [5.74, 6) is 0.600. The monoisotopic (exact) mass is 235 g/mol. The van der Waals surface area contributed by atoms with Gasteiger partial charge in [-0.1, -0.05) is 0 Å². The maximum Gasteiger partial charge on any atom is 0.239 e. The van der Waals surface area contributed by atoms with Crippen LogP contribution >= 0.6 is 0 Å². The zero-order valence-corrected chi connectivity index (χ0v) is 9.93. The van der Waals surface area contributed by atoms with Gasteiger partial charge in [-0.25, -0.2) is 4.98 Å². The number of ether oxygens (including phenoxy) is 1. The van der Waals surface area contributed by atoms with Crippen LogP contribution in [0.2, 0.25) is 0 Å². The topological polar surface area (TPSA) is 68.5 Å². The molecule has 5 heteroatoms. The minimum atomic E-state index is -0.340. The standard InChI is InChI=1S/C12H17N3O2/c1-17-11-7-9(4-5-14-11)8-15-6-2-3-10(13)12(15)16/h4-5,7,10H,2-3,6,8,13H2,1H3. The Bertz CT molecular complexity index is 408. The Morgan fingerprint density at radius 1 is 1.65 bits per heavy atom. The molecule has 1 aromatic heterocycles. The fraction of sp³-hybridized carbons (Fsp3) is 0.500. The highest BCUT2D eigenvalue weighted by Gasteiger charge is 2.25. The Balaban J connectivity index is 2.06. The molecule has 92 valence electrons. The minimum Gasteiger partial charge on any atom is -0.481 e. The van der Waals surface area contributed by atoms with E-state index in [1.165, 1.54) is 0 Å². The van der Waals surface area contributed by atoms with Crippen LogP contribution < -0.4 is 10.5 Å². The molecule has 0 spiro atoms. The molecular formula is C12H17N3O2. The van der Waals surface area contributed by atoms with Gasteiger partial charge in [0.15, 0.2) is 0 Å². The summed E-state index contributed by atoms with van der Waals surface area (Å²) in [7, 11) is 1.58. The quantitative estimate of drug-likeness (QED) is 0.830. The Morgan fingerprint density at radius 2 is 2.47 bits per heavy atom. The molecular weight excluding hydrogens is 218 g/mol. The molecule has 17 heavy (non-hydrogen) atoms. The highest BCUT2D eigenvalue weighted by molar-refractivity contribution is 5.82. The van der Waals surface area contributed by atoms with Gasteiger partial charge in [0.25, 0.3) is 0 Å². The number of piperidine rings is 1. The van der Waals surface area contributed by atoms with Crippen molar-refractivity contribution in [3.05, 3.63) is 23.9 Å². The first-order chi connectivity index (χ1) is 8.20. The molecule has 1 amide bonds. The molecule has 0 bridgehead atoms. The second-order valence-electron chi connectivity index (χ2n) is 4.21. The SMILES string of the molecule is COc1cc(CN2CCCC(N)C2=O)ccn1. The van der Waals surface area contributed by atoms with Crippen molar-refractivity contribution in [3.63, 3.8) is 0 Å². The van der Waals surface area contributed by atoms with Crippen molar-refractivity contribution in [1.29, 1.82) is 0 Å². The molecule has 5 nitrogen and oxygen atoms in total. The largest absolute Gasteiger partial charge is 0.481 e. The van der Waals surface area contributed by atoms with Crippen molar-refractivity contribution < 1.29 is 9.53 Å². The molecule has 0 aliphatic carbocycles. The number of hydrogen-bond acceptors (Lipinski definition) is 4. The minimum absolute atomic E-state index is 0.0343. The molecule has 0 radical (unpaired) electrons. The zero-order valence-electron chi connectivity index (χ0n) is 9.93. The fourth-order valence-corrected chi connectivity index (χ4v) is 2.01. The maximum absolute atomic E-state index is 11.8. The molecule has 1 saturated heterocycles. The molecule has 1 fully saturated rings. The van der Waals surface area contributed by atoms with Gasteiger partial charge in [-0.05, 0) is 24.5 Å². The van der Waals surface area contributed by atoms with E-state index < -0.39 is 0 Å². The molecule has 2 rings (SSSR count). The van der Waals surface area contributed by atoms with Gasteiger partial charge in [0.2, 0.25) is 11.8 Å². The van der Waals surface area contributed by atoms with Gasteiger partial charge < -0.3 is 15.4 Å². The number of likely N-dealkylation sites (tertiary alicyclic amines) is 1. The normalized spacial score (nSPS) is 20.5. The van der Waals surface area contributed by atoms with E-state index in [0.29, 0.717) is 12.4 Å². The van der Waals surface area contributed by atoms with Crippen molar-refractivity contribution in [2.75, 3.05) is 13.7 Å². The number of nitrogens with zero attached hydrogens (tertiary/aromatic N) is 2. The summed E-state index contributed by atoms with van der Waals surface area (Å²) in [4.78, 5) is 17.7. The summed E-state index contributed by atoms with van der Waals surface area (Å²) < 4.78 is 5.05. The first kappa shape index (κ1) is 11.9. The van der Waals surface area contributed by atoms with Crippen LogP contribution in [0.15, 0.2) is 18.3 Å². The Kier molecular flexibility index (Phi) is 3.58. The van der Waals surface area contributed by atoms with Crippen LogP contribution in [0.4, 0.5) is 0 Å². The number of hydrogen-bond donors (Lipinski definition) is 1. The van der Waals surface area contributed by atoms with Crippen LogP contribution in [0.25, 0.3) is 0 Å². The number of amides is 1. The number of methoxy groups -OCH3 is 1. The van der Waals surface area contributed by atoms with Gasteiger partial charge in [-0.2, -0.15) is 0 Å². The summed E-state index contributed by atoms with van der Waals surface area (Å²) in [5, 5.41) is 0. The van der Waals surface area contributed by atoms with E-state index >= 15 is 0 Å². The summed E-state index contributed by atoms with van der Waals surface area (Å²) in [6.07, 6.45) is 3.44. The zero-order chi connectivity index (χ0) is 12.3. The Labute approximate surface area is 101 Å². The molecule has 1 aliphatic rings. The lowest BCUT2D eigenvalue weighted by molar-refractivity contribution is -0.135. The second-order valence-corrected chi connectivity index (χ2v) is 4.21. The van der Waals surface area contributed by atoms with Crippen LogP contribution in [0.1, 0.15) is 18.4 Å². The maximum atomic E-state index is 11.8. The van der Waals surface area contributed by atoms with Gasteiger partial charge in [0, 0.05) is 25.4 Å². The first-order valence-corrected chi connectivity index (χ1v) is 5.74. The Hall–Kier alpha value is -1.62. The lowest BCUT2D eigenvalue weighted by atomic mass is 10.1. The van der Waals surface area contributed by atoms with Crippen molar-refractivity contribution in [2.24, 2.45) is 5.73 Å². The van der Waals surface area contributed by atoms with Crippen LogP contribution in [-0.2, 0) is 11.3 Å². The smallest absolute Gasteiger partial charge is 0.239 e. The average molecular weight is 235 g/mol. The van der Waals surface area contributed by atoms with E-state index in [1.807, 2.05) is 12.1 Å². The van der Waals surface area contributed by atoms with E-state index in [0.717, 1.165) is 24.9 Å². The number of rotatable bonds is 3. The van der Waals surface area contributed by atoms with Gasteiger partial charge in [-0.15, -0.1) is 0 Å². The highest BCUT2D eigenvalue weighted by atomic mass is 16.5. The summed E-state index contributed by atoms with van der Waals surface area (Å²) >= 11 is 0. The van der Waals surface area contributed by atoms with Gasteiger partial charge in [-0.3, -0.25) is 4.79 Å². The number of aromatic nitrogens is 1. The third-order valence-corrected chi connectivity index (χ3v) is 2.95. The average Bonchev–Trinajstić information content (AvgIpc) is 2.35. The van der Waals surface area contributed by atoms with Crippen molar-refractivity contribution in [3.8, 4) is 5.88 Å². The number of nitrogens with two attached hydrogens (primary N) is 1. The number of pyridine rings is 1. The van der Waals surface area contributed by atoms with Gasteiger partial charge in [0.1, 0.15) is 0 Å². The predicted octanol–water partition coefficient (Wildman–Crippen LogP) is 0.540. The Morgan fingerprint density at radius 3 is 3.24 bits per heavy atom. The molecule has 1 aromatic rings. The van der Waals surface area contributed by atoms with E-state index in [2.05, 4.69) is 4.98 Å². The summed E-state index contributed by atoms with van der Waals surface area (Å²) in [6.45, 7) is 1.35. The number of carbonyl (C=O) groups is 1. The first-order valence-electron chi connectivity index (χ1n) is 5.74. The van der Waals surface area contributed by atoms with Crippen LogP contribution in [0, 0.1) is 0 Å². The van der Waals surface area contributed by atoms with Gasteiger partial charge >= 0.3 is 0 Å². The highest BCUT2D eigenvalue weighted by Crippen LogP contribution is 2.15. The molecule has 1 unspecified atom stereocenters. The van der Waals surface area contributed by atoms with E-state index in [-0.39, 0.29) is 11.9 Å². The number of carbonyl (C=O) groups excluding carboxylic acids is 1. The third kappa shape index (κ3) is 2.74. The molecule has 0 aromatic carbocycles.